The Morgan fingerprint density at radius 2 is 2.15 bits per heavy atom. The highest BCUT2D eigenvalue weighted by Gasteiger charge is 2.22. The first kappa shape index (κ1) is 14.9. The van der Waals surface area contributed by atoms with Crippen LogP contribution in [0.5, 0.6) is 5.75 Å². The van der Waals surface area contributed by atoms with Crippen molar-refractivity contribution in [3.8, 4) is 5.75 Å². The second-order valence-corrected chi connectivity index (χ2v) is 6.56. The summed E-state index contributed by atoms with van der Waals surface area (Å²) in [5.74, 6) is -0.223. The Morgan fingerprint density at radius 1 is 1.40 bits per heavy atom. The van der Waals surface area contributed by atoms with Gasteiger partial charge < -0.3 is 10.4 Å². The van der Waals surface area contributed by atoms with Gasteiger partial charge in [-0.05, 0) is 29.6 Å². The lowest BCUT2D eigenvalue weighted by atomic mass is 9.91. The first-order valence-electron chi connectivity index (χ1n) is 6.21. The molecule has 0 aliphatic heterocycles. The number of halogens is 1. The van der Waals surface area contributed by atoms with E-state index < -0.39 is 0 Å². The highest BCUT2D eigenvalue weighted by Crippen LogP contribution is 2.27. The molecule has 0 aliphatic rings. The molecule has 2 N–H and O–H groups in total. The van der Waals surface area contributed by atoms with Gasteiger partial charge in [0.05, 0.1) is 5.02 Å². The predicted molar refractivity (Wildman–Crippen MR) is 82.8 cm³/mol. The van der Waals surface area contributed by atoms with Crippen molar-refractivity contribution < 1.29 is 9.90 Å². The average molecular weight is 310 g/mol. The molecule has 2 rings (SSSR count). The molecule has 2 aromatic rings. The number of rotatable bonds is 4. The van der Waals surface area contributed by atoms with E-state index in [1.807, 2.05) is 11.4 Å². The van der Waals surface area contributed by atoms with Gasteiger partial charge in [0.25, 0.3) is 5.91 Å². The fourth-order valence-corrected chi connectivity index (χ4v) is 2.83. The van der Waals surface area contributed by atoms with Gasteiger partial charge in [0.1, 0.15) is 5.75 Å². The Hall–Kier alpha value is -1.52. The Bertz CT molecular complexity index is 608. The Morgan fingerprint density at radius 3 is 2.75 bits per heavy atom. The molecule has 0 atom stereocenters. The van der Waals surface area contributed by atoms with Crippen LogP contribution < -0.4 is 5.32 Å². The molecule has 1 amide bonds. The van der Waals surface area contributed by atoms with Gasteiger partial charge in [-0.2, -0.15) is 0 Å². The molecule has 3 nitrogen and oxygen atoms in total. The molecule has 106 valence electrons. The number of thiophene rings is 1. The summed E-state index contributed by atoms with van der Waals surface area (Å²) in [7, 11) is 0. The Labute approximate surface area is 127 Å². The van der Waals surface area contributed by atoms with E-state index in [-0.39, 0.29) is 22.1 Å². The van der Waals surface area contributed by atoms with E-state index in [0.717, 1.165) is 0 Å². The molecule has 20 heavy (non-hydrogen) atoms. The lowest BCUT2D eigenvalue weighted by molar-refractivity contribution is 0.0946. The third kappa shape index (κ3) is 3.32. The van der Waals surface area contributed by atoms with Gasteiger partial charge in [-0.3, -0.25) is 4.79 Å². The van der Waals surface area contributed by atoms with Gasteiger partial charge in [0, 0.05) is 22.4 Å². The number of carbonyl (C=O) groups excluding carboxylic acids is 1. The summed E-state index contributed by atoms with van der Waals surface area (Å²) in [4.78, 5) is 13.3. The van der Waals surface area contributed by atoms with Crippen LogP contribution in [0.1, 0.15) is 29.1 Å². The zero-order chi connectivity index (χ0) is 14.8. The molecule has 0 radical (unpaired) electrons. The van der Waals surface area contributed by atoms with Crippen LogP contribution >= 0.6 is 22.9 Å². The highest BCUT2D eigenvalue weighted by molar-refractivity contribution is 7.10. The number of phenols is 1. The van der Waals surface area contributed by atoms with Crippen LogP contribution in [0.3, 0.4) is 0 Å². The molecule has 0 saturated carbocycles. The smallest absolute Gasteiger partial charge is 0.251 e. The van der Waals surface area contributed by atoms with Crippen molar-refractivity contribution in [2.45, 2.75) is 19.3 Å². The molecule has 0 saturated heterocycles. The fraction of sp³-hybridized carbons (Fsp3) is 0.267. The topological polar surface area (TPSA) is 49.3 Å². The van der Waals surface area contributed by atoms with Crippen molar-refractivity contribution in [3.05, 3.63) is 51.2 Å². The minimum absolute atomic E-state index is 0.0258. The molecule has 0 fully saturated rings. The maximum atomic E-state index is 12.1. The minimum atomic E-state index is -0.198. The van der Waals surface area contributed by atoms with Crippen LogP contribution in [0.4, 0.5) is 0 Å². The van der Waals surface area contributed by atoms with Gasteiger partial charge in [-0.1, -0.05) is 31.5 Å². The zero-order valence-electron chi connectivity index (χ0n) is 11.3. The van der Waals surface area contributed by atoms with Gasteiger partial charge in [-0.25, -0.2) is 0 Å². The number of phenolic OH excluding ortho intramolecular Hbond substituents is 1. The predicted octanol–water partition coefficient (Wildman–Crippen LogP) is 3.81. The third-order valence-corrected chi connectivity index (χ3v) is 4.63. The summed E-state index contributed by atoms with van der Waals surface area (Å²) in [6, 6.07) is 8.50. The van der Waals surface area contributed by atoms with Crippen LogP contribution in [0.25, 0.3) is 0 Å². The molecule has 0 spiro atoms. The maximum absolute atomic E-state index is 12.1. The highest BCUT2D eigenvalue weighted by atomic mass is 35.5. The molecular formula is C15H16ClNO2S. The van der Waals surface area contributed by atoms with Gasteiger partial charge in [0.15, 0.2) is 0 Å². The monoisotopic (exact) mass is 309 g/mol. The number of nitrogens with one attached hydrogen (secondary N) is 1. The van der Waals surface area contributed by atoms with Crippen molar-refractivity contribution in [1.82, 2.24) is 5.32 Å². The van der Waals surface area contributed by atoms with E-state index in [0.29, 0.717) is 12.1 Å². The van der Waals surface area contributed by atoms with E-state index >= 15 is 0 Å². The minimum Gasteiger partial charge on any atom is -0.506 e. The summed E-state index contributed by atoms with van der Waals surface area (Å²) in [5, 5.41) is 14.5. The lowest BCUT2D eigenvalue weighted by Gasteiger charge is -2.23. The van der Waals surface area contributed by atoms with Crippen LogP contribution in [-0.2, 0) is 5.41 Å². The molecule has 0 bridgehead atoms. The van der Waals surface area contributed by atoms with E-state index in [9.17, 15) is 9.90 Å². The quantitative estimate of drug-likeness (QED) is 0.902. The van der Waals surface area contributed by atoms with Crippen molar-refractivity contribution in [3.63, 3.8) is 0 Å². The van der Waals surface area contributed by atoms with Gasteiger partial charge in [0.2, 0.25) is 0 Å². The molecule has 0 unspecified atom stereocenters. The summed E-state index contributed by atoms with van der Waals surface area (Å²) >= 11 is 7.48. The molecular weight excluding hydrogens is 294 g/mol. The Balaban J connectivity index is 2.03. The number of hydrogen-bond acceptors (Lipinski definition) is 3. The molecule has 1 aromatic heterocycles. The lowest BCUT2D eigenvalue weighted by Crippen LogP contribution is -2.36. The second kappa shape index (κ2) is 5.85. The molecule has 0 aliphatic carbocycles. The zero-order valence-corrected chi connectivity index (χ0v) is 12.9. The number of amides is 1. The first-order valence-corrected chi connectivity index (χ1v) is 7.46. The van der Waals surface area contributed by atoms with Crippen molar-refractivity contribution in [2.75, 3.05) is 6.54 Å². The van der Waals surface area contributed by atoms with Gasteiger partial charge in [-0.15, -0.1) is 11.3 Å². The molecule has 5 heteroatoms. The number of aromatic hydroxyl groups is 1. The van der Waals surface area contributed by atoms with Crippen molar-refractivity contribution in [1.29, 1.82) is 0 Å². The van der Waals surface area contributed by atoms with Crippen molar-refractivity contribution >= 4 is 28.8 Å². The van der Waals surface area contributed by atoms with Crippen LogP contribution in [0.15, 0.2) is 35.7 Å². The third-order valence-electron chi connectivity index (χ3n) is 3.09. The van der Waals surface area contributed by atoms with Crippen LogP contribution in [-0.4, -0.2) is 17.6 Å². The SMILES string of the molecule is CC(C)(CNC(=O)c1ccc(O)c(Cl)c1)c1cccs1. The summed E-state index contributed by atoms with van der Waals surface area (Å²) < 4.78 is 0. The molecule has 1 heterocycles. The second-order valence-electron chi connectivity index (χ2n) is 5.21. The normalized spacial score (nSPS) is 11.3. The van der Waals surface area contributed by atoms with E-state index in [1.165, 1.54) is 17.0 Å². The van der Waals surface area contributed by atoms with Crippen molar-refractivity contribution in [2.24, 2.45) is 0 Å². The average Bonchev–Trinajstić information content (AvgIpc) is 2.94. The van der Waals surface area contributed by atoms with Crippen LogP contribution in [0, 0.1) is 0 Å². The standard InChI is InChI=1S/C15H16ClNO2S/c1-15(2,13-4-3-7-20-13)9-17-14(19)10-5-6-12(18)11(16)8-10/h3-8,18H,9H2,1-2H3,(H,17,19). The Kier molecular flexibility index (Phi) is 4.35. The summed E-state index contributed by atoms with van der Waals surface area (Å²) in [5.41, 5.74) is 0.319. The van der Waals surface area contributed by atoms with Crippen LogP contribution in [0.2, 0.25) is 5.02 Å². The first-order chi connectivity index (χ1) is 9.40. The number of benzene rings is 1. The van der Waals surface area contributed by atoms with E-state index in [2.05, 4.69) is 25.2 Å². The van der Waals surface area contributed by atoms with E-state index in [4.69, 9.17) is 11.6 Å². The van der Waals surface area contributed by atoms with E-state index in [1.54, 1.807) is 17.4 Å². The number of carbonyl (C=O) groups is 1. The largest absolute Gasteiger partial charge is 0.506 e. The molecule has 1 aromatic carbocycles. The van der Waals surface area contributed by atoms with Gasteiger partial charge >= 0.3 is 0 Å². The summed E-state index contributed by atoms with van der Waals surface area (Å²) in [6.45, 7) is 4.71. The maximum Gasteiger partial charge on any atom is 0.251 e. The fourth-order valence-electron chi connectivity index (χ4n) is 1.80. The summed E-state index contributed by atoms with van der Waals surface area (Å²) in [6.07, 6.45) is 0. The number of hydrogen-bond donors (Lipinski definition) is 2.